The van der Waals surface area contributed by atoms with Gasteiger partial charge in [0.05, 0.1) is 6.54 Å². The molecular weight excluding hydrogens is 143 g/mol. The third-order valence-corrected chi connectivity index (χ3v) is 0.974. The fourth-order valence-corrected chi connectivity index (χ4v) is 0.317. The zero-order valence-electron chi connectivity index (χ0n) is 5.57. The Bertz CT molecular complexity index is 146. The standard InChI is InChI=1S/C6H8F3N/c1-5(3-4-10-2)6(7,8)9/h3H,2,4H2,1H3/b5-3+. The highest BCUT2D eigenvalue weighted by atomic mass is 19.4. The summed E-state index contributed by atoms with van der Waals surface area (Å²) in [7, 11) is 0. The smallest absolute Gasteiger partial charge is 0.297 e. The Labute approximate surface area is 57.3 Å². The summed E-state index contributed by atoms with van der Waals surface area (Å²) in [5, 5.41) is 0. The van der Waals surface area contributed by atoms with Gasteiger partial charge in [0.15, 0.2) is 0 Å². The van der Waals surface area contributed by atoms with Gasteiger partial charge in [-0.05, 0) is 13.6 Å². The fourth-order valence-electron chi connectivity index (χ4n) is 0.317. The lowest BCUT2D eigenvalue weighted by Crippen LogP contribution is -2.08. The van der Waals surface area contributed by atoms with Gasteiger partial charge in [-0.25, -0.2) is 0 Å². The predicted molar refractivity (Wildman–Crippen MR) is 34.2 cm³/mol. The lowest BCUT2D eigenvalue weighted by Gasteiger charge is -2.04. The lowest BCUT2D eigenvalue weighted by molar-refractivity contribution is -0.0914. The molecule has 4 heteroatoms. The molecule has 58 valence electrons. The van der Waals surface area contributed by atoms with E-state index in [1.54, 1.807) is 0 Å². The van der Waals surface area contributed by atoms with Gasteiger partial charge in [-0.1, -0.05) is 6.08 Å². The number of hydrogen-bond donors (Lipinski definition) is 0. The summed E-state index contributed by atoms with van der Waals surface area (Å²) in [5.41, 5.74) is -0.625. The highest BCUT2D eigenvalue weighted by molar-refractivity contribution is 5.24. The largest absolute Gasteiger partial charge is 0.412 e. The maximum absolute atomic E-state index is 11.6. The van der Waals surface area contributed by atoms with E-state index in [1.165, 1.54) is 0 Å². The second-order valence-electron chi connectivity index (χ2n) is 1.79. The summed E-state index contributed by atoms with van der Waals surface area (Å²) < 4.78 is 34.9. The van der Waals surface area contributed by atoms with Crippen LogP contribution in [0.15, 0.2) is 16.6 Å². The first-order chi connectivity index (χ1) is 4.48. The quantitative estimate of drug-likeness (QED) is 0.423. The van der Waals surface area contributed by atoms with Crippen molar-refractivity contribution in [3.63, 3.8) is 0 Å². The van der Waals surface area contributed by atoms with E-state index in [2.05, 4.69) is 11.7 Å². The Kier molecular flexibility index (Phi) is 3.12. The van der Waals surface area contributed by atoms with Crippen molar-refractivity contribution in [1.29, 1.82) is 0 Å². The van der Waals surface area contributed by atoms with E-state index in [1.807, 2.05) is 0 Å². The summed E-state index contributed by atoms with van der Waals surface area (Å²) >= 11 is 0. The lowest BCUT2D eigenvalue weighted by atomic mass is 10.3. The van der Waals surface area contributed by atoms with E-state index in [0.29, 0.717) is 0 Å². The number of allylic oxidation sites excluding steroid dienone is 1. The second-order valence-corrected chi connectivity index (χ2v) is 1.79. The van der Waals surface area contributed by atoms with E-state index in [0.717, 1.165) is 13.0 Å². The van der Waals surface area contributed by atoms with Gasteiger partial charge in [0.1, 0.15) is 0 Å². The minimum atomic E-state index is -4.22. The van der Waals surface area contributed by atoms with Crippen molar-refractivity contribution in [2.75, 3.05) is 6.54 Å². The molecule has 0 aromatic carbocycles. The monoisotopic (exact) mass is 151 g/mol. The van der Waals surface area contributed by atoms with Crippen LogP contribution in [0.25, 0.3) is 0 Å². The van der Waals surface area contributed by atoms with E-state index in [-0.39, 0.29) is 6.54 Å². The van der Waals surface area contributed by atoms with Gasteiger partial charge in [-0.3, -0.25) is 4.99 Å². The van der Waals surface area contributed by atoms with Crippen molar-refractivity contribution < 1.29 is 13.2 Å². The van der Waals surface area contributed by atoms with Crippen molar-refractivity contribution in [3.8, 4) is 0 Å². The summed E-state index contributed by atoms with van der Waals surface area (Å²) in [4.78, 5) is 3.26. The van der Waals surface area contributed by atoms with Gasteiger partial charge in [0.25, 0.3) is 0 Å². The maximum Gasteiger partial charge on any atom is 0.412 e. The van der Waals surface area contributed by atoms with Crippen LogP contribution in [0.4, 0.5) is 13.2 Å². The predicted octanol–water partition coefficient (Wildman–Crippen LogP) is 2.20. The third-order valence-electron chi connectivity index (χ3n) is 0.974. The summed E-state index contributed by atoms with van der Waals surface area (Å²) in [6, 6.07) is 0. The minimum absolute atomic E-state index is 0.0192. The van der Waals surface area contributed by atoms with Crippen LogP contribution in [0.2, 0.25) is 0 Å². The molecule has 0 spiro atoms. The van der Waals surface area contributed by atoms with E-state index < -0.39 is 11.7 Å². The normalized spacial score (nSPS) is 13.4. The number of aliphatic imine (C=N–C) groups is 1. The Balaban J connectivity index is 4.05. The number of hydrogen-bond acceptors (Lipinski definition) is 1. The molecule has 0 rings (SSSR count). The molecule has 0 atom stereocenters. The van der Waals surface area contributed by atoms with E-state index in [4.69, 9.17) is 0 Å². The van der Waals surface area contributed by atoms with Crippen LogP contribution in [-0.4, -0.2) is 19.4 Å². The topological polar surface area (TPSA) is 12.4 Å². The Morgan fingerprint density at radius 3 is 2.40 bits per heavy atom. The van der Waals surface area contributed by atoms with Crippen LogP contribution in [0, 0.1) is 0 Å². The molecule has 0 aliphatic rings. The SMILES string of the molecule is C=NC/C=C(\C)C(F)(F)F. The number of alkyl halides is 3. The molecule has 0 fully saturated rings. The Hall–Kier alpha value is -0.800. The van der Waals surface area contributed by atoms with Crippen molar-refractivity contribution in [2.24, 2.45) is 4.99 Å². The zero-order chi connectivity index (χ0) is 8.20. The van der Waals surface area contributed by atoms with Crippen LogP contribution < -0.4 is 0 Å². The second kappa shape index (κ2) is 3.39. The van der Waals surface area contributed by atoms with Crippen LogP contribution >= 0.6 is 0 Å². The molecule has 0 aromatic rings. The first-order valence-corrected chi connectivity index (χ1v) is 2.65. The molecule has 0 bridgehead atoms. The first-order valence-electron chi connectivity index (χ1n) is 2.65. The van der Waals surface area contributed by atoms with Crippen molar-refractivity contribution >= 4 is 6.72 Å². The molecule has 0 aromatic heterocycles. The molecule has 0 radical (unpaired) electrons. The molecule has 0 aliphatic heterocycles. The highest BCUT2D eigenvalue weighted by Crippen LogP contribution is 2.24. The maximum atomic E-state index is 11.6. The average Bonchev–Trinajstić information content (AvgIpc) is 1.80. The number of halogens is 3. The minimum Gasteiger partial charge on any atom is -0.297 e. The molecule has 0 heterocycles. The molecule has 0 N–H and O–H groups in total. The summed E-state index contributed by atoms with van der Waals surface area (Å²) in [5.74, 6) is 0. The molecule has 0 amide bonds. The Morgan fingerprint density at radius 2 is 2.10 bits per heavy atom. The highest BCUT2D eigenvalue weighted by Gasteiger charge is 2.29. The van der Waals surface area contributed by atoms with Gasteiger partial charge >= 0.3 is 6.18 Å². The first kappa shape index (κ1) is 9.20. The van der Waals surface area contributed by atoms with Crippen LogP contribution in [0.5, 0.6) is 0 Å². The molecule has 0 aliphatic carbocycles. The van der Waals surface area contributed by atoms with Gasteiger partial charge in [0, 0.05) is 5.57 Å². The molecular formula is C6H8F3N. The molecule has 0 saturated carbocycles. The zero-order valence-corrected chi connectivity index (χ0v) is 5.57. The van der Waals surface area contributed by atoms with E-state index in [9.17, 15) is 13.2 Å². The third kappa shape index (κ3) is 3.27. The number of nitrogens with zero attached hydrogens (tertiary/aromatic N) is 1. The number of rotatable bonds is 2. The van der Waals surface area contributed by atoms with Crippen LogP contribution in [0.1, 0.15) is 6.92 Å². The van der Waals surface area contributed by atoms with Gasteiger partial charge in [-0.15, -0.1) is 0 Å². The Morgan fingerprint density at radius 1 is 1.60 bits per heavy atom. The van der Waals surface area contributed by atoms with Gasteiger partial charge < -0.3 is 0 Å². The van der Waals surface area contributed by atoms with E-state index >= 15 is 0 Å². The summed E-state index contributed by atoms with van der Waals surface area (Å²) in [6.45, 7) is 4.08. The molecule has 0 unspecified atom stereocenters. The average molecular weight is 151 g/mol. The van der Waals surface area contributed by atoms with Crippen molar-refractivity contribution in [1.82, 2.24) is 0 Å². The molecule has 0 saturated heterocycles. The van der Waals surface area contributed by atoms with Gasteiger partial charge in [-0.2, -0.15) is 13.2 Å². The van der Waals surface area contributed by atoms with Crippen molar-refractivity contribution in [2.45, 2.75) is 13.1 Å². The van der Waals surface area contributed by atoms with Crippen molar-refractivity contribution in [3.05, 3.63) is 11.6 Å². The van der Waals surface area contributed by atoms with Crippen LogP contribution in [0.3, 0.4) is 0 Å². The van der Waals surface area contributed by atoms with Crippen LogP contribution in [-0.2, 0) is 0 Å². The summed E-state index contributed by atoms with van der Waals surface area (Å²) in [6.07, 6.45) is -3.22. The molecule has 10 heavy (non-hydrogen) atoms. The molecule has 1 nitrogen and oxygen atoms in total. The fraction of sp³-hybridized carbons (Fsp3) is 0.500. The van der Waals surface area contributed by atoms with Gasteiger partial charge in [0.2, 0.25) is 0 Å².